The number of carbonyl (C=O) groups excluding carboxylic acids is 2. The third-order valence-electron chi connectivity index (χ3n) is 3.10. The maximum atomic E-state index is 12.3. The Bertz CT molecular complexity index is 500. The van der Waals surface area contributed by atoms with Gasteiger partial charge in [0.25, 0.3) is 0 Å². The summed E-state index contributed by atoms with van der Waals surface area (Å²) < 4.78 is 0. The van der Waals surface area contributed by atoms with Crippen molar-refractivity contribution in [2.45, 2.75) is 18.4 Å². The minimum atomic E-state index is -2.17. The third kappa shape index (κ3) is 1.75. The summed E-state index contributed by atoms with van der Waals surface area (Å²) in [5.74, 6) is -1.56. The lowest BCUT2D eigenvalue weighted by molar-refractivity contribution is -0.535. The molecule has 2 rings (SSSR count). The number of nitrogens with one attached hydrogen (secondary N) is 1. The van der Waals surface area contributed by atoms with Crippen LogP contribution in [0.5, 0.6) is 0 Å². The Balaban J connectivity index is 2.45. The molecule has 6 nitrogen and oxygen atoms in total. The molecule has 0 saturated carbocycles. The summed E-state index contributed by atoms with van der Waals surface area (Å²) in [6, 6.07) is 7.89. The molecule has 1 amide bonds. The van der Waals surface area contributed by atoms with E-state index in [1.807, 2.05) is 0 Å². The zero-order valence-corrected chi connectivity index (χ0v) is 9.59. The van der Waals surface area contributed by atoms with E-state index in [9.17, 15) is 19.7 Å². The Morgan fingerprint density at radius 2 is 2.00 bits per heavy atom. The van der Waals surface area contributed by atoms with Crippen molar-refractivity contribution in [1.82, 2.24) is 5.32 Å². The second-order valence-corrected chi connectivity index (χ2v) is 4.17. The van der Waals surface area contributed by atoms with Crippen molar-refractivity contribution in [3.63, 3.8) is 0 Å². The lowest BCUT2D eigenvalue weighted by atomic mass is 9.82. The predicted molar refractivity (Wildman–Crippen MR) is 62.7 cm³/mol. The molecule has 1 aliphatic rings. The molecule has 1 heterocycles. The molecular weight excluding hydrogens is 236 g/mol. The molecule has 0 spiro atoms. The molecule has 1 fully saturated rings. The number of benzene rings is 1. The minimum absolute atomic E-state index is 0.0560. The van der Waals surface area contributed by atoms with Gasteiger partial charge in [0.15, 0.2) is 0 Å². The van der Waals surface area contributed by atoms with Crippen LogP contribution in [-0.2, 0) is 4.79 Å². The van der Waals surface area contributed by atoms with Gasteiger partial charge in [-0.3, -0.25) is 19.7 Å². The molecule has 1 unspecified atom stereocenters. The number of carbonyl (C=O) groups is 2. The Morgan fingerprint density at radius 3 is 2.56 bits per heavy atom. The van der Waals surface area contributed by atoms with Gasteiger partial charge in [-0.1, -0.05) is 30.3 Å². The molecule has 1 saturated heterocycles. The molecule has 0 bridgehead atoms. The van der Waals surface area contributed by atoms with Gasteiger partial charge in [0.2, 0.25) is 5.78 Å². The van der Waals surface area contributed by atoms with E-state index in [0.29, 0.717) is 13.0 Å². The highest BCUT2D eigenvalue weighted by Crippen LogP contribution is 2.26. The number of amides is 1. The molecule has 0 radical (unpaired) electrons. The first-order valence-corrected chi connectivity index (χ1v) is 5.61. The summed E-state index contributed by atoms with van der Waals surface area (Å²) in [7, 11) is 0. The maximum Gasteiger partial charge on any atom is 0.359 e. The summed E-state index contributed by atoms with van der Waals surface area (Å²) in [4.78, 5) is 34.5. The Kier molecular flexibility index (Phi) is 3.10. The molecule has 0 aromatic heterocycles. The van der Waals surface area contributed by atoms with Crippen LogP contribution < -0.4 is 5.32 Å². The predicted octanol–water partition coefficient (Wildman–Crippen LogP) is 0.795. The molecule has 1 aliphatic heterocycles. The second-order valence-electron chi connectivity index (χ2n) is 4.17. The number of ketones is 1. The zero-order valence-electron chi connectivity index (χ0n) is 9.59. The SMILES string of the molecule is O=C1NCCCC1(C(=O)c1ccccc1)[N+](=O)[O-]. The van der Waals surface area contributed by atoms with E-state index in [2.05, 4.69) is 5.32 Å². The van der Waals surface area contributed by atoms with Crippen LogP contribution in [0, 0.1) is 10.1 Å². The number of piperidine rings is 1. The van der Waals surface area contributed by atoms with Gasteiger partial charge < -0.3 is 5.32 Å². The average Bonchev–Trinajstić information content (AvgIpc) is 2.39. The van der Waals surface area contributed by atoms with E-state index in [1.54, 1.807) is 18.2 Å². The number of nitrogens with zero attached hydrogens (tertiary/aromatic N) is 1. The Hall–Kier alpha value is -2.24. The number of nitro groups is 1. The zero-order chi connectivity index (χ0) is 13.2. The number of hydrogen-bond acceptors (Lipinski definition) is 4. The van der Waals surface area contributed by atoms with Crippen LogP contribution in [0.1, 0.15) is 23.2 Å². The van der Waals surface area contributed by atoms with Crippen LogP contribution in [0.15, 0.2) is 30.3 Å². The fourth-order valence-electron chi connectivity index (χ4n) is 2.11. The number of rotatable bonds is 3. The lowest BCUT2D eigenvalue weighted by Gasteiger charge is -2.26. The van der Waals surface area contributed by atoms with Gasteiger partial charge in [-0.15, -0.1) is 0 Å². The smallest absolute Gasteiger partial charge is 0.349 e. The molecule has 18 heavy (non-hydrogen) atoms. The summed E-state index contributed by atoms with van der Waals surface area (Å²) in [6.45, 7) is 0.372. The molecule has 1 aromatic carbocycles. The molecule has 1 aromatic rings. The first-order chi connectivity index (χ1) is 8.59. The van der Waals surface area contributed by atoms with Gasteiger partial charge in [-0.25, -0.2) is 0 Å². The van der Waals surface area contributed by atoms with Crippen molar-refractivity contribution in [1.29, 1.82) is 0 Å². The van der Waals surface area contributed by atoms with Gasteiger partial charge >= 0.3 is 11.4 Å². The molecule has 1 atom stereocenters. The quantitative estimate of drug-likeness (QED) is 0.370. The van der Waals surface area contributed by atoms with Crippen molar-refractivity contribution in [2.24, 2.45) is 0 Å². The lowest BCUT2D eigenvalue weighted by Crippen LogP contribution is -2.61. The molecule has 94 valence electrons. The second kappa shape index (κ2) is 4.56. The van der Waals surface area contributed by atoms with E-state index in [1.165, 1.54) is 12.1 Å². The van der Waals surface area contributed by atoms with Crippen molar-refractivity contribution in [2.75, 3.05) is 6.54 Å². The third-order valence-corrected chi connectivity index (χ3v) is 3.10. The van der Waals surface area contributed by atoms with Crippen LogP contribution in [0.3, 0.4) is 0 Å². The summed E-state index contributed by atoms with van der Waals surface area (Å²) >= 11 is 0. The van der Waals surface area contributed by atoms with E-state index in [-0.39, 0.29) is 12.0 Å². The minimum Gasteiger partial charge on any atom is -0.349 e. The molecule has 1 N–H and O–H groups in total. The first kappa shape index (κ1) is 12.2. The summed E-state index contributed by atoms with van der Waals surface area (Å²) in [5, 5.41) is 13.6. The normalized spacial score (nSPS) is 23.2. The van der Waals surface area contributed by atoms with E-state index in [0.717, 1.165) is 0 Å². The van der Waals surface area contributed by atoms with Crippen LogP contribution in [0.25, 0.3) is 0 Å². The largest absolute Gasteiger partial charge is 0.359 e. The van der Waals surface area contributed by atoms with Crippen molar-refractivity contribution in [3.05, 3.63) is 46.0 Å². The van der Waals surface area contributed by atoms with Gasteiger partial charge in [0.1, 0.15) is 0 Å². The van der Waals surface area contributed by atoms with Crippen molar-refractivity contribution >= 4 is 11.7 Å². The van der Waals surface area contributed by atoms with Crippen LogP contribution in [0.4, 0.5) is 0 Å². The van der Waals surface area contributed by atoms with Gasteiger partial charge in [-0.2, -0.15) is 0 Å². The summed E-state index contributed by atoms with van der Waals surface area (Å²) in [6.07, 6.45) is 0.366. The highest BCUT2D eigenvalue weighted by Gasteiger charge is 2.59. The van der Waals surface area contributed by atoms with Gasteiger partial charge in [0, 0.05) is 23.5 Å². The topological polar surface area (TPSA) is 89.3 Å². The molecule has 6 heteroatoms. The Morgan fingerprint density at radius 1 is 1.33 bits per heavy atom. The maximum absolute atomic E-state index is 12.3. The van der Waals surface area contributed by atoms with Crippen molar-refractivity contribution < 1.29 is 14.5 Å². The first-order valence-electron chi connectivity index (χ1n) is 5.61. The van der Waals surface area contributed by atoms with E-state index in [4.69, 9.17) is 0 Å². The standard InChI is InChI=1S/C12H12N2O4/c15-10(9-5-2-1-3-6-9)12(14(17)18)7-4-8-13-11(12)16/h1-3,5-6H,4,7-8H2,(H,13,16). The van der Waals surface area contributed by atoms with Crippen LogP contribution in [0.2, 0.25) is 0 Å². The number of Topliss-reactive ketones (excluding diaryl/α,β-unsaturated/α-hetero) is 1. The fourth-order valence-corrected chi connectivity index (χ4v) is 2.11. The van der Waals surface area contributed by atoms with Gasteiger partial charge in [-0.05, 0) is 6.42 Å². The highest BCUT2D eigenvalue weighted by molar-refractivity contribution is 6.16. The molecular formula is C12H12N2O4. The highest BCUT2D eigenvalue weighted by atomic mass is 16.6. The average molecular weight is 248 g/mol. The van der Waals surface area contributed by atoms with Crippen LogP contribution >= 0.6 is 0 Å². The fraction of sp³-hybridized carbons (Fsp3) is 0.333. The van der Waals surface area contributed by atoms with Crippen molar-refractivity contribution in [3.8, 4) is 0 Å². The van der Waals surface area contributed by atoms with E-state index < -0.39 is 22.2 Å². The van der Waals surface area contributed by atoms with Gasteiger partial charge in [0.05, 0.1) is 0 Å². The Labute approximate surface area is 103 Å². The molecule has 0 aliphatic carbocycles. The van der Waals surface area contributed by atoms with E-state index >= 15 is 0 Å². The monoisotopic (exact) mass is 248 g/mol. The van der Waals surface area contributed by atoms with Crippen LogP contribution in [-0.4, -0.2) is 28.7 Å². The summed E-state index contributed by atoms with van der Waals surface area (Å²) in [5.41, 5.74) is -1.98. The number of hydrogen-bond donors (Lipinski definition) is 1.